The van der Waals surface area contributed by atoms with E-state index in [4.69, 9.17) is 5.73 Å². The molecule has 2 N–H and O–H groups in total. The fourth-order valence-electron chi connectivity index (χ4n) is 2.23. The Labute approximate surface area is 113 Å². The second-order valence-electron chi connectivity index (χ2n) is 4.67. The number of hydrogen-bond acceptors (Lipinski definition) is 2. The van der Waals surface area contributed by atoms with Crippen LogP contribution in [0.1, 0.15) is 36.4 Å². The molecule has 1 nitrogen and oxygen atoms in total. The maximum absolute atomic E-state index is 13.5. The first kappa shape index (κ1) is 14.7. The molecule has 2 unspecified atom stereocenters. The average molecular weight is 293 g/mol. The van der Waals surface area contributed by atoms with Gasteiger partial charge in [-0.3, -0.25) is 0 Å². The quantitative estimate of drug-likeness (QED) is 0.830. The van der Waals surface area contributed by atoms with Gasteiger partial charge in [-0.05, 0) is 36.3 Å². The third kappa shape index (κ3) is 3.42. The van der Waals surface area contributed by atoms with E-state index in [0.29, 0.717) is 5.56 Å². The number of benzene rings is 1. The first-order valence-electron chi connectivity index (χ1n) is 6.13. The van der Waals surface area contributed by atoms with Crippen molar-refractivity contribution < 1.29 is 17.6 Å². The second-order valence-corrected chi connectivity index (χ2v) is 6.01. The largest absolute Gasteiger partial charge is 0.419 e. The summed E-state index contributed by atoms with van der Waals surface area (Å²) in [5.74, 6) is -0.247. The second kappa shape index (κ2) is 5.71. The Morgan fingerprint density at radius 3 is 2.53 bits per heavy atom. The van der Waals surface area contributed by atoms with E-state index in [-0.39, 0.29) is 5.25 Å². The van der Waals surface area contributed by atoms with Gasteiger partial charge in [0.2, 0.25) is 0 Å². The molecule has 1 fully saturated rings. The van der Waals surface area contributed by atoms with Gasteiger partial charge in [-0.1, -0.05) is 12.5 Å². The van der Waals surface area contributed by atoms with Crippen molar-refractivity contribution in [2.24, 2.45) is 5.73 Å². The van der Waals surface area contributed by atoms with Crippen molar-refractivity contribution in [3.8, 4) is 0 Å². The summed E-state index contributed by atoms with van der Waals surface area (Å²) in [6, 6.07) is 2.56. The first-order chi connectivity index (χ1) is 8.89. The van der Waals surface area contributed by atoms with Crippen LogP contribution in [0.3, 0.4) is 0 Å². The van der Waals surface area contributed by atoms with Crippen LogP contribution in [0, 0.1) is 5.82 Å². The summed E-state index contributed by atoms with van der Waals surface area (Å²) >= 11 is 1.71. The van der Waals surface area contributed by atoms with Gasteiger partial charge in [0.1, 0.15) is 5.82 Å². The van der Waals surface area contributed by atoms with E-state index in [0.717, 1.165) is 37.1 Å². The summed E-state index contributed by atoms with van der Waals surface area (Å²) < 4.78 is 50.9. The maximum atomic E-state index is 13.5. The predicted molar refractivity (Wildman–Crippen MR) is 68.4 cm³/mol. The lowest BCUT2D eigenvalue weighted by Crippen LogP contribution is -2.26. The zero-order chi connectivity index (χ0) is 14.0. The van der Waals surface area contributed by atoms with Gasteiger partial charge in [0.05, 0.1) is 5.56 Å². The summed E-state index contributed by atoms with van der Waals surface area (Å²) in [7, 11) is 0. The molecule has 2 atom stereocenters. The minimum Gasteiger partial charge on any atom is -0.323 e. The van der Waals surface area contributed by atoms with Gasteiger partial charge in [-0.2, -0.15) is 24.9 Å². The lowest BCUT2D eigenvalue weighted by Gasteiger charge is -2.27. The highest BCUT2D eigenvalue weighted by molar-refractivity contribution is 8.00. The molecule has 2 rings (SSSR count). The normalized spacial score (nSPS) is 22.3. The van der Waals surface area contributed by atoms with Gasteiger partial charge in [0.15, 0.2) is 0 Å². The smallest absolute Gasteiger partial charge is 0.323 e. The maximum Gasteiger partial charge on any atom is 0.419 e. The Morgan fingerprint density at radius 1 is 1.26 bits per heavy atom. The molecule has 1 aromatic carbocycles. The third-order valence-electron chi connectivity index (χ3n) is 3.30. The van der Waals surface area contributed by atoms with Gasteiger partial charge in [-0.25, -0.2) is 4.39 Å². The molecule has 1 aliphatic heterocycles. The molecule has 1 aliphatic rings. The number of rotatable bonds is 2. The van der Waals surface area contributed by atoms with Gasteiger partial charge >= 0.3 is 6.18 Å². The van der Waals surface area contributed by atoms with Crippen LogP contribution in [0.25, 0.3) is 0 Å². The molecule has 19 heavy (non-hydrogen) atoms. The number of halogens is 4. The van der Waals surface area contributed by atoms with E-state index in [1.807, 2.05) is 0 Å². The predicted octanol–water partition coefficient (Wildman–Crippen LogP) is 4.13. The van der Waals surface area contributed by atoms with E-state index in [9.17, 15) is 17.6 Å². The molecule has 1 aromatic rings. The van der Waals surface area contributed by atoms with Crippen LogP contribution in [0.5, 0.6) is 0 Å². The van der Waals surface area contributed by atoms with Crippen LogP contribution in [-0.2, 0) is 6.18 Å². The summed E-state index contributed by atoms with van der Waals surface area (Å²) in [6.45, 7) is 0. The van der Waals surface area contributed by atoms with Crippen molar-refractivity contribution in [1.82, 2.24) is 0 Å². The summed E-state index contributed by atoms with van der Waals surface area (Å²) in [4.78, 5) is 0. The Balaban J connectivity index is 2.19. The molecule has 1 heterocycles. The number of nitrogens with two attached hydrogens (primary N) is 1. The van der Waals surface area contributed by atoms with Crippen LogP contribution in [0.4, 0.5) is 17.6 Å². The van der Waals surface area contributed by atoms with E-state index < -0.39 is 23.6 Å². The first-order valence-corrected chi connectivity index (χ1v) is 7.18. The van der Waals surface area contributed by atoms with Crippen LogP contribution in [-0.4, -0.2) is 11.0 Å². The fourth-order valence-corrected chi connectivity index (χ4v) is 3.60. The lowest BCUT2D eigenvalue weighted by atomic mass is 9.99. The summed E-state index contributed by atoms with van der Waals surface area (Å²) in [6.07, 6.45) is -1.54. The zero-order valence-corrected chi connectivity index (χ0v) is 11.0. The molecule has 106 valence electrons. The topological polar surface area (TPSA) is 26.0 Å². The molecule has 0 spiro atoms. The molecule has 1 saturated heterocycles. The Morgan fingerprint density at radius 2 is 2.00 bits per heavy atom. The standard InChI is InChI=1S/C13H15F4NS/c14-10-7-8(4-5-9(10)13(15,16)17)12(18)11-3-1-2-6-19-11/h4-5,7,11-12H,1-3,6,18H2. The molecule has 0 radical (unpaired) electrons. The highest BCUT2D eigenvalue weighted by Crippen LogP contribution is 2.36. The van der Waals surface area contributed by atoms with Crippen molar-refractivity contribution >= 4 is 11.8 Å². The Hall–Kier alpha value is -0.750. The number of thioether (sulfide) groups is 1. The molecule has 0 saturated carbocycles. The van der Waals surface area contributed by atoms with Gasteiger partial charge in [-0.15, -0.1) is 0 Å². The summed E-state index contributed by atoms with van der Waals surface area (Å²) in [5, 5.41) is 0.157. The summed E-state index contributed by atoms with van der Waals surface area (Å²) in [5.41, 5.74) is 5.23. The molecule has 0 bridgehead atoms. The Bertz CT molecular complexity index is 441. The van der Waals surface area contributed by atoms with Crippen molar-refractivity contribution in [2.45, 2.75) is 36.7 Å². The van der Waals surface area contributed by atoms with Crippen LogP contribution in [0.2, 0.25) is 0 Å². The molecule has 0 aliphatic carbocycles. The van der Waals surface area contributed by atoms with Gasteiger partial charge in [0, 0.05) is 11.3 Å². The SMILES string of the molecule is NC(c1ccc(C(F)(F)F)c(F)c1)C1CCCCS1. The van der Waals surface area contributed by atoms with Gasteiger partial charge < -0.3 is 5.73 Å². The molecular weight excluding hydrogens is 278 g/mol. The van der Waals surface area contributed by atoms with Crippen molar-refractivity contribution in [3.05, 3.63) is 35.1 Å². The number of hydrogen-bond donors (Lipinski definition) is 1. The van der Waals surface area contributed by atoms with Crippen molar-refractivity contribution in [1.29, 1.82) is 0 Å². The average Bonchev–Trinajstić information content (AvgIpc) is 2.37. The van der Waals surface area contributed by atoms with E-state index >= 15 is 0 Å². The molecule has 6 heteroatoms. The highest BCUT2D eigenvalue weighted by atomic mass is 32.2. The lowest BCUT2D eigenvalue weighted by molar-refractivity contribution is -0.140. The minimum atomic E-state index is -4.66. The molecule has 0 aromatic heterocycles. The zero-order valence-electron chi connectivity index (χ0n) is 10.2. The fraction of sp³-hybridized carbons (Fsp3) is 0.538. The van der Waals surface area contributed by atoms with Gasteiger partial charge in [0.25, 0.3) is 0 Å². The Kier molecular flexibility index (Phi) is 4.40. The van der Waals surface area contributed by atoms with E-state index in [1.54, 1.807) is 11.8 Å². The number of alkyl halides is 3. The van der Waals surface area contributed by atoms with E-state index in [1.165, 1.54) is 6.07 Å². The molecular formula is C13H15F4NS. The van der Waals surface area contributed by atoms with Crippen LogP contribution < -0.4 is 5.73 Å². The monoisotopic (exact) mass is 293 g/mol. The van der Waals surface area contributed by atoms with Crippen molar-refractivity contribution in [2.75, 3.05) is 5.75 Å². The van der Waals surface area contributed by atoms with E-state index in [2.05, 4.69) is 0 Å². The third-order valence-corrected chi connectivity index (χ3v) is 4.78. The molecule has 0 amide bonds. The minimum absolute atomic E-state index is 0.157. The van der Waals surface area contributed by atoms with Crippen LogP contribution >= 0.6 is 11.8 Å². The van der Waals surface area contributed by atoms with Crippen LogP contribution in [0.15, 0.2) is 18.2 Å². The highest BCUT2D eigenvalue weighted by Gasteiger charge is 2.34. The van der Waals surface area contributed by atoms with Crippen molar-refractivity contribution in [3.63, 3.8) is 0 Å².